The van der Waals surface area contributed by atoms with Gasteiger partial charge in [-0.1, -0.05) is 28.1 Å². The van der Waals surface area contributed by atoms with E-state index in [1.807, 2.05) is 12.1 Å². The van der Waals surface area contributed by atoms with E-state index in [0.29, 0.717) is 23.4 Å². The molecule has 5 nitrogen and oxygen atoms in total. The van der Waals surface area contributed by atoms with Gasteiger partial charge < -0.3 is 15.4 Å². The molecule has 2 N–H and O–H groups in total. The van der Waals surface area contributed by atoms with Gasteiger partial charge in [-0.05, 0) is 92.2 Å². The predicted octanol–water partition coefficient (Wildman–Crippen LogP) is 6.01. The number of hydrogen-bond acceptors (Lipinski definition) is 3. The highest BCUT2D eigenvalue weighted by Gasteiger charge is 2.57. The van der Waals surface area contributed by atoms with Crippen LogP contribution in [-0.4, -0.2) is 23.2 Å². The molecule has 2 unspecified atom stereocenters. The van der Waals surface area contributed by atoms with Crippen molar-refractivity contribution in [3.63, 3.8) is 0 Å². The van der Waals surface area contributed by atoms with E-state index >= 15 is 0 Å². The van der Waals surface area contributed by atoms with Gasteiger partial charge in [-0.3, -0.25) is 9.59 Å². The van der Waals surface area contributed by atoms with Crippen LogP contribution in [0, 0.1) is 17.3 Å². The molecule has 0 radical (unpaired) electrons. The van der Waals surface area contributed by atoms with Crippen molar-refractivity contribution in [2.24, 2.45) is 17.3 Å². The normalized spacial score (nSPS) is 30.1. The minimum Gasteiger partial charge on any atom is -0.495 e. The molecule has 6 rings (SSSR count). The maximum absolute atomic E-state index is 12.9. The molecule has 0 aliphatic heterocycles. The summed E-state index contributed by atoms with van der Waals surface area (Å²) < 4.78 is 5.54. The van der Waals surface area contributed by atoms with E-state index in [-0.39, 0.29) is 21.6 Å². The van der Waals surface area contributed by atoms with Gasteiger partial charge in [0.15, 0.2) is 0 Å². The van der Waals surface area contributed by atoms with Crippen LogP contribution in [0.3, 0.4) is 0 Å². The van der Waals surface area contributed by atoms with Crippen molar-refractivity contribution >= 4 is 39.1 Å². The van der Waals surface area contributed by atoms with Crippen molar-refractivity contribution in [2.45, 2.75) is 49.3 Å². The van der Waals surface area contributed by atoms with Gasteiger partial charge in [0.25, 0.3) is 5.91 Å². The second-order valence-corrected chi connectivity index (χ2v) is 11.8. The van der Waals surface area contributed by atoms with Gasteiger partial charge >= 0.3 is 0 Å². The van der Waals surface area contributed by atoms with Crippen molar-refractivity contribution in [3.8, 4) is 5.75 Å². The summed E-state index contributed by atoms with van der Waals surface area (Å²) in [5, 5.41) is 5.93. The average molecular weight is 497 g/mol. The summed E-state index contributed by atoms with van der Waals surface area (Å²) in [6, 6.07) is 14.4. The van der Waals surface area contributed by atoms with Crippen molar-refractivity contribution in [3.05, 3.63) is 54.1 Å². The molecule has 0 spiro atoms. The third kappa shape index (κ3) is 4.29. The third-order valence-electron chi connectivity index (χ3n) is 7.43. The van der Waals surface area contributed by atoms with Gasteiger partial charge in [0.1, 0.15) is 5.75 Å². The Kier molecular flexibility index (Phi) is 5.52. The highest BCUT2D eigenvalue weighted by molar-refractivity contribution is 9.10. The first-order valence-corrected chi connectivity index (χ1v) is 12.2. The topological polar surface area (TPSA) is 67.4 Å². The van der Waals surface area contributed by atoms with Crippen LogP contribution < -0.4 is 15.4 Å². The van der Waals surface area contributed by atoms with Crippen LogP contribution in [0.15, 0.2) is 48.5 Å². The predicted molar refractivity (Wildman–Crippen MR) is 129 cm³/mol. The first-order valence-electron chi connectivity index (χ1n) is 11.4. The SMILES string of the molecule is COc1ccccc1NC(=O)c1ccc(NC(=O)CC23CC4CC(CC(Br)(C4)C2)C3)cc1. The molecule has 168 valence electrons. The van der Waals surface area contributed by atoms with E-state index in [1.165, 1.54) is 32.1 Å². The summed E-state index contributed by atoms with van der Waals surface area (Å²) in [4.78, 5) is 25.5. The molecule has 2 atom stereocenters. The molecule has 32 heavy (non-hydrogen) atoms. The molecule has 6 heteroatoms. The number of methoxy groups -OCH3 is 1. The largest absolute Gasteiger partial charge is 0.495 e. The Balaban J connectivity index is 1.20. The minimum absolute atomic E-state index is 0.0780. The lowest BCUT2D eigenvalue weighted by molar-refractivity contribution is -0.123. The molecule has 2 aromatic rings. The lowest BCUT2D eigenvalue weighted by atomic mass is 9.48. The van der Waals surface area contributed by atoms with Crippen molar-refractivity contribution in [2.75, 3.05) is 17.7 Å². The van der Waals surface area contributed by atoms with E-state index in [0.717, 1.165) is 23.9 Å². The first kappa shape index (κ1) is 21.5. The number of carbonyl (C=O) groups excluding carboxylic acids is 2. The van der Waals surface area contributed by atoms with Gasteiger partial charge in [-0.15, -0.1) is 0 Å². The molecule has 4 saturated carbocycles. The molecule has 0 aromatic heterocycles. The Bertz CT molecular complexity index is 1020. The lowest BCUT2D eigenvalue weighted by Gasteiger charge is -2.60. The number of alkyl halides is 1. The molecule has 4 bridgehead atoms. The van der Waals surface area contributed by atoms with Gasteiger partial charge in [-0.25, -0.2) is 0 Å². The van der Waals surface area contributed by atoms with E-state index in [4.69, 9.17) is 4.74 Å². The Morgan fingerprint density at radius 3 is 2.34 bits per heavy atom. The highest BCUT2D eigenvalue weighted by atomic mass is 79.9. The van der Waals surface area contributed by atoms with E-state index in [1.54, 1.807) is 43.5 Å². The van der Waals surface area contributed by atoms with E-state index in [9.17, 15) is 9.59 Å². The quantitative estimate of drug-likeness (QED) is 0.481. The van der Waals surface area contributed by atoms with Crippen molar-refractivity contribution in [1.29, 1.82) is 0 Å². The summed E-state index contributed by atoms with van der Waals surface area (Å²) >= 11 is 4.03. The van der Waals surface area contributed by atoms with Crippen molar-refractivity contribution in [1.82, 2.24) is 0 Å². The first-order chi connectivity index (χ1) is 15.4. The number of amides is 2. The maximum Gasteiger partial charge on any atom is 0.255 e. The summed E-state index contributed by atoms with van der Waals surface area (Å²) in [6.07, 6.45) is 7.95. The van der Waals surface area contributed by atoms with Gasteiger partial charge in [0.05, 0.1) is 12.8 Å². The molecule has 4 fully saturated rings. The zero-order valence-electron chi connectivity index (χ0n) is 18.3. The summed E-state index contributed by atoms with van der Waals surface area (Å²) in [7, 11) is 1.57. The number of carbonyl (C=O) groups is 2. The molecule has 4 aliphatic rings. The number of benzene rings is 2. The van der Waals surface area contributed by atoms with Crippen LogP contribution in [0.1, 0.15) is 55.3 Å². The number of rotatable bonds is 6. The number of hydrogen-bond donors (Lipinski definition) is 2. The average Bonchev–Trinajstić information content (AvgIpc) is 2.72. The van der Waals surface area contributed by atoms with Crippen molar-refractivity contribution < 1.29 is 14.3 Å². The third-order valence-corrected chi connectivity index (χ3v) is 8.36. The second kappa shape index (κ2) is 8.22. The number of nitrogens with one attached hydrogen (secondary N) is 2. The summed E-state index contributed by atoms with van der Waals surface area (Å²) in [6.45, 7) is 0. The number of ether oxygens (including phenoxy) is 1. The number of para-hydroxylation sites is 2. The summed E-state index contributed by atoms with van der Waals surface area (Å²) in [5.74, 6) is 2.01. The zero-order chi connectivity index (χ0) is 22.3. The lowest BCUT2D eigenvalue weighted by Crippen LogP contribution is -2.53. The second-order valence-electron chi connectivity index (χ2n) is 10.1. The van der Waals surface area contributed by atoms with E-state index in [2.05, 4.69) is 26.6 Å². The molecular formula is C26H29BrN2O3. The summed E-state index contributed by atoms with van der Waals surface area (Å²) in [5.41, 5.74) is 2.02. The Hall–Kier alpha value is -2.34. The fourth-order valence-electron chi connectivity index (χ4n) is 6.74. The Morgan fingerprint density at radius 2 is 1.69 bits per heavy atom. The van der Waals surface area contributed by atoms with Gasteiger partial charge in [0.2, 0.25) is 5.91 Å². The fourth-order valence-corrected chi connectivity index (χ4v) is 8.25. The monoisotopic (exact) mass is 496 g/mol. The van der Waals surface area contributed by atoms with Crippen LogP contribution in [0.5, 0.6) is 5.75 Å². The molecule has 4 aliphatic carbocycles. The number of halogens is 1. The van der Waals surface area contributed by atoms with Crippen LogP contribution in [0.4, 0.5) is 11.4 Å². The number of anilines is 2. The smallest absolute Gasteiger partial charge is 0.255 e. The fraction of sp³-hybridized carbons (Fsp3) is 0.462. The van der Waals surface area contributed by atoms with Crippen LogP contribution in [0.25, 0.3) is 0 Å². The van der Waals surface area contributed by atoms with Crippen LogP contribution in [0.2, 0.25) is 0 Å². The van der Waals surface area contributed by atoms with Gasteiger partial charge in [0, 0.05) is 22.0 Å². The molecule has 0 saturated heterocycles. The molecule has 0 heterocycles. The molecule has 2 aromatic carbocycles. The molecular weight excluding hydrogens is 468 g/mol. The standard InChI is InChI=1S/C26H29BrN2O3/c1-32-22-5-3-2-4-21(22)29-24(31)19-6-8-20(9-7-19)28-23(30)15-25-11-17-10-18(12-25)14-26(27,13-17)16-25/h2-9,17-18H,10-16H2,1H3,(H,28,30)(H,29,31). The Morgan fingerprint density at radius 1 is 1.00 bits per heavy atom. The van der Waals surface area contributed by atoms with Crippen LogP contribution in [-0.2, 0) is 4.79 Å². The van der Waals surface area contributed by atoms with E-state index < -0.39 is 0 Å². The highest BCUT2D eigenvalue weighted by Crippen LogP contribution is 2.65. The minimum atomic E-state index is -0.219. The Labute approximate surface area is 197 Å². The zero-order valence-corrected chi connectivity index (χ0v) is 19.9. The van der Waals surface area contributed by atoms with Gasteiger partial charge in [-0.2, -0.15) is 0 Å². The van der Waals surface area contributed by atoms with Crippen LogP contribution >= 0.6 is 15.9 Å². The molecule has 2 amide bonds. The maximum atomic E-state index is 12.9.